The molecule has 7 nitrogen and oxygen atoms in total. The third-order valence-corrected chi connectivity index (χ3v) is 4.58. The quantitative estimate of drug-likeness (QED) is 0.732. The van der Waals surface area contributed by atoms with Crippen LogP contribution >= 0.6 is 0 Å². The van der Waals surface area contributed by atoms with Gasteiger partial charge in [-0.05, 0) is 30.3 Å². The van der Waals surface area contributed by atoms with Crippen LogP contribution in [0.2, 0.25) is 0 Å². The molecule has 1 aromatic carbocycles. The molecular weight excluding hydrogens is 408 g/mol. The van der Waals surface area contributed by atoms with E-state index in [0.29, 0.717) is 24.8 Å². The minimum atomic E-state index is -4.71. The molecule has 1 saturated heterocycles. The highest BCUT2D eigenvalue weighted by molar-refractivity contribution is 5.94. The van der Waals surface area contributed by atoms with Gasteiger partial charge in [-0.25, -0.2) is 4.39 Å². The Bertz CT molecular complexity index is 998. The normalized spacial score (nSPS) is 15.1. The van der Waals surface area contributed by atoms with E-state index < -0.39 is 29.2 Å². The smallest absolute Gasteiger partial charge is 0.336 e. The number of alkyl halides is 3. The zero-order valence-corrected chi connectivity index (χ0v) is 15.6. The Morgan fingerprint density at radius 2 is 1.77 bits per heavy atom. The Kier molecular flexibility index (Phi) is 6.20. The lowest BCUT2D eigenvalue weighted by Gasteiger charge is -2.34. The van der Waals surface area contributed by atoms with Gasteiger partial charge in [0.2, 0.25) is 5.91 Å². The van der Waals surface area contributed by atoms with Gasteiger partial charge < -0.3 is 15.2 Å². The molecule has 1 aliphatic heterocycles. The van der Waals surface area contributed by atoms with Gasteiger partial charge in [0.25, 0.3) is 11.5 Å². The zero-order chi connectivity index (χ0) is 21.9. The monoisotopic (exact) mass is 426 g/mol. The minimum Gasteiger partial charge on any atom is -0.336 e. The average molecular weight is 426 g/mol. The van der Waals surface area contributed by atoms with Gasteiger partial charge >= 0.3 is 6.18 Å². The first-order chi connectivity index (χ1) is 14.1. The molecule has 0 atom stereocenters. The number of aromatic nitrogens is 1. The number of aromatic amines is 1. The number of rotatable bonds is 4. The first kappa shape index (κ1) is 21.5. The van der Waals surface area contributed by atoms with Crippen LogP contribution < -0.4 is 10.9 Å². The van der Waals surface area contributed by atoms with Crippen LogP contribution in [0.3, 0.4) is 0 Å². The number of pyridine rings is 1. The second-order valence-corrected chi connectivity index (χ2v) is 6.74. The predicted octanol–water partition coefficient (Wildman–Crippen LogP) is 1.93. The molecule has 0 saturated carbocycles. The standard InChI is InChI=1S/C19H18F4N4O3/c20-12-2-1-3-13(10-12)24-16(28)11-26-6-8-27(9-7-26)18(30)14-4-5-15(19(21,22)23)25-17(14)29/h1-5,10H,6-9,11H2,(H,24,28)(H,25,29). The zero-order valence-electron chi connectivity index (χ0n) is 15.6. The number of halogens is 4. The van der Waals surface area contributed by atoms with Crippen LogP contribution in [0.25, 0.3) is 0 Å². The fourth-order valence-corrected chi connectivity index (χ4v) is 3.06. The van der Waals surface area contributed by atoms with Gasteiger partial charge in [0, 0.05) is 31.9 Å². The van der Waals surface area contributed by atoms with Gasteiger partial charge in [0.05, 0.1) is 6.54 Å². The number of nitrogens with one attached hydrogen (secondary N) is 2. The van der Waals surface area contributed by atoms with Crippen molar-refractivity contribution >= 4 is 17.5 Å². The van der Waals surface area contributed by atoms with E-state index in [1.807, 2.05) is 0 Å². The second-order valence-electron chi connectivity index (χ2n) is 6.74. The predicted molar refractivity (Wildman–Crippen MR) is 99.4 cm³/mol. The van der Waals surface area contributed by atoms with Gasteiger partial charge in [0.1, 0.15) is 17.1 Å². The number of H-pyrrole nitrogens is 1. The van der Waals surface area contributed by atoms with Gasteiger partial charge in [-0.1, -0.05) is 6.07 Å². The summed E-state index contributed by atoms with van der Waals surface area (Å²) in [5.74, 6) is -1.49. The molecule has 2 aromatic rings. The van der Waals surface area contributed by atoms with Crippen LogP contribution in [-0.2, 0) is 11.0 Å². The Labute approximate surface area is 168 Å². The van der Waals surface area contributed by atoms with Crippen molar-refractivity contribution in [2.24, 2.45) is 0 Å². The van der Waals surface area contributed by atoms with Gasteiger partial charge in [-0.2, -0.15) is 13.2 Å². The highest BCUT2D eigenvalue weighted by Crippen LogP contribution is 2.26. The van der Waals surface area contributed by atoms with Gasteiger partial charge in [0.15, 0.2) is 0 Å². The van der Waals surface area contributed by atoms with E-state index in [9.17, 15) is 31.9 Å². The van der Waals surface area contributed by atoms with E-state index in [4.69, 9.17) is 0 Å². The molecule has 0 unspecified atom stereocenters. The van der Waals surface area contributed by atoms with Crippen LogP contribution in [-0.4, -0.2) is 59.3 Å². The minimum absolute atomic E-state index is 0.0272. The second kappa shape index (κ2) is 8.66. The Morgan fingerprint density at radius 1 is 1.07 bits per heavy atom. The third kappa shape index (κ3) is 5.23. The fourth-order valence-electron chi connectivity index (χ4n) is 3.06. The van der Waals surface area contributed by atoms with Crippen LogP contribution in [0.4, 0.5) is 23.2 Å². The van der Waals surface area contributed by atoms with E-state index in [-0.39, 0.29) is 31.1 Å². The molecule has 2 N–H and O–H groups in total. The summed E-state index contributed by atoms with van der Waals surface area (Å²) >= 11 is 0. The SMILES string of the molecule is O=C(CN1CCN(C(=O)c2ccc(C(F)(F)F)[nH]c2=O)CC1)Nc1cccc(F)c1. The highest BCUT2D eigenvalue weighted by Gasteiger charge is 2.33. The van der Waals surface area contributed by atoms with Crippen LogP contribution in [0, 0.1) is 5.82 Å². The van der Waals surface area contributed by atoms with Crippen molar-refractivity contribution < 1.29 is 27.2 Å². The lowest BCUT2D eigenvalue weighted by Crippen LogP contribution is -2.51. The molecule has 2 heterocycles. The lowest BCUT2D eigenvalue weighted by molar-refractivity contribution is -0.141. The first-order valence-corrected chi connectivity index (χ1v) is 9.01. The van der Waals surface area contributed by atoms with Crippen molar-refractivity contribution in [3.63, 3.8) is 0 Å². The molecule has 0 bridgehead atoms. The number of nitrogens with zero attached hydrogens (tertiary/aromatic N) is 2. The number of carbonyl (C=O) groups is 2. The molecule has 0 aliphatic carbocycles. The topological polar surface area (TPSA) is 85.5 Å². The molecule has 3 rings (SSSR count). The van der Waals surface area contributed by atoms with Gasteiger partial charge in [-0.3, -0.25) is 19.3 Å². The number of benzene rings is 1. The molecule has 2 amide bonds. The maximum Gasteiger partial charge on any atom is 0.431 e. The largest absolute Gasteiger partial charge is 0.431 e. The molecular formula is C19H18F4N4O3. The number of hydrogen-bond acceptors (Lipinski definition) is 4. The summed E-state index contributed by atoms with van der Waals surface area (Å²) in [7, 11) is 0. The van der Waals surface area contributed by atoms with Crippen LogP contribution in [0.15, 0.2) is 41.2 Å². The van der Waals surface area contributed by atoms with E-state index in [2.05, 4.69) is 5.32 Å². The van der Waals surface area contributed by atoms with Crippen molar-refractivity contribution in [3.8, 4) is 0 Å². The van der Waals surface area contributed by atoms with Crippen LogP contribution in [0.1, 0.15) is 16.1 Å². The van der Waals surface area contributed by atoms with E-state index in [1.165, 1.54) is 23.1 Å². The molecule has 11 heteroatoms. The number of carbonyl (C=O) groups excluding carboxylic acids is 2. The van der Waals surface area contributed by atoms with Crippen molar-refractivity contribution in [1.29, 1.82) is 0 Å². The Balaban J connectivity index is 1.54. The molecule has 1 aromatic heterocycles. The number of hydrogen-bond donors (Lipinski definition) is 2. The summed E-state index contributed by atoms with van der Waals surface area (Å²) < 4.78 is 51.1. The maximum atomic E-state index is 13.2. The van der Waals surface area contributed by atoms with Crippen molar-refractivity contribution in [2.75, 3.05) is 38.0 Å². The maximum absolute atomic E-state index is 13.2. The molecule has 0 spiro atoms. The summed E-state index contributed by atoms with van der Waals surface area (Å²) in [6.07, 6.45) is -4.71. The summed E-state index contributed by atoms with van der Waals surface area (Å²) in [6, 6.07) is 6.99. The Morgan fingerprint density at radius 3 is 2.37 bits per heavy atom. The van der Waals surface area contributed by atoms with Crippen molar-refractivity contribution in [3.05, 3.63) is 63.8 Å². The van der Waals surface area contributed by atoms with Gasteiger partial charge in [-0.15, -0.1) is 0 Å². The molecule has 160 valence electrons. The molecule has 30 heavy (non-hydrogen) atoms. The molecule has 1 aliphatic rings. The van der Waals surface area contributed by atoms with E-state index in [1.54, 1.807) is 16.0 Å². The third-order valence-electron chi connectivity index (χ3n) is 4.58. The summed E-state index contributed by atoms with van der Waals surface area (Å²) in [5.41, 5.74) is -2.37. The summed E-state index contributed by atoms with van der Waals surface area (Å²) in [4.78, 5) is 41.3. The highest BCUT2D eigenvalue weighted by atomic mass is 19.4. The number of piperazine rings is 1. The van der Waals surface area contributed by atoms with E-state index in [0.717, 1.165) is 6.07 Å². The lowest BCUT2D eigenvalue weighted by atomic mass is 10.2. The summed E-state index contributed by atoms with van der Waals surface area (Å²) in [5, 5.41) is 2.58. The fraction of sp³-hybridized carbons (Fsp3) is 0.316. The number of anilines is 1. The van der Waals surface area contributed by atoms with Crippen molar-refractivity contribution in [2.45, 2.75) is 6.18 Å². The van der Waals surface area contributed by atoms with Crippen LogP contribution in [0.5, 0.6) is 0 Å². The average Bonchev–Trinajstić information content (AvgIpc) is 2.67. The first-order valence-electron chi connectivity index (χ1n) is 9.01. The van der Waals surface area contributed by atoms with E-state index >= 15 is 0 Å². The molecule has 1 fully saturated rings. The molecule has 0 radical (unpaired) electrons. The number of amides is 2. The Hall–Kier alpha value is -3.21. The summed E-state index contributed by atoms with van der Waals surface area (Å²) in [6.45, 7) is 1.10. The van der Waals surface area contributed by atoms with Crippen molar-refractivity contribution in [1.82, 2.24) is 14.8 Å².